The second kappa shape index (κ2) is 11.0. The highest BCUT2D eigenvalue weighted by atomic mass is 16.5. The fourth-order valence-corrected chi connectivity index (χ4v) is 6.01. The summed E-state index contributed by atoms with van der Waals surface area (Å²) >= 11 is 0. The van der Waals surface area contributed by atoms with Crippen LogP contribution in [0.3, 0.4) is 0 Å². The van der Waals surface area contributed by atoms with E-state index in [1.54, 1.807) is 0 Å². The summed E-state index contributed by atoms with van der Waals surface area (Å²) in [4.78, 5) is 22.1. The summed E-state index contributed by atoms with van der Waals surface area (Å²) in [7, 11) is 0. The molecule has 0 spiro atoms. The Morgan fingerprint density at radius 1 is 1.00 bits per heavy atom. The third kappa shape index (κ3) is 5.99. The summed E-state index contributed by atoms with van der Waals surface area (Å²) < 4.78 is 11.1. The Morgan fingerprint density at radius 3 is 2.58 bits per heavy atom. The summed E-state index contributed by atoms with van der Waals surface area (Å²) in [6, 6.07) is 2.38. The van der Waals surface area contributed by atoms with Crippen molar-refractivity contribution in [1.82, 2.24) is 15.2 Å². The molecule has 7 nitrogen and oxygen atoms in total. The van der Waals surface area contributed by atoms with Crippen molar-refractivity contribution in [3.05, 3.63) is 17.8 Å². The highest BCUT2D eigenvalue weighted by Crippen LogP contribution is 2.32. The predicted molar refractivity (Wildman–Crippen MR) is 129 cm³/mol. The van der Waals surface area contributed by atoms with Crippen LogP contribution in [-0.2, 0) is 16.0 Å². The number of rotatable bonds is 7. The van der Waals surface area contributed by atoms with Gasteiger partial charge >= 0.3 is 0 Å². The van der Waals surface area contributed by atoms with Gasteiger partial charge in [0, 0.05) is 70.0 Å². The molecule has 0 unspecified atom stereocenters. The van der Waals surface area contributed by atoms with E-state index < -0.39 is 0 Å². The minimum Gasteiger partial charge on any atom is -0.493 e. The van der Waals surface area contributed by atoms with E-state index in [1.807, 2.05) is 12.3 Å². The number of ether oxygens (including phenoxy) is 2. The van der Waals surface area contributed by atoms with E-state index in [9.17, 15) is 4.79 Å². The number of hydrogen-bond donors (Lipinski definition) is 1. The maximum atomic E-state index is 12.4. The zero-order valence-corrected chi connectivity index (χ0v) is 20.0. The standard InChI is InChI=1S/C26H40N4O3/c31-25(19-21-7-16-32-17-8-21)28-22-3-1-20(2-4-22)6-11-29-12-14-30(15-13-29)26-23-9-18-33-24(23)5-10-27-26/h5,10,20-22H,1-4,6-9,11-19H2,(H,28,31). The molecule has 0 atom stereocenters. The molecule has 3 fully saturated rings. The Kier molecular flexibility index (Phi) is 7.67. The molecule has 0 bridgehead atoms. The monoisotopic (exact) mass is 456 g/mol. The third-order valence-electron chi connectivity index (χ3n) is 8.15. The minimum atomic E-state index is 0.258. The molecule has 1 aromatic rings. The number of pyridine rings is 1. The van der Waals surface area contributed by atoms with Gasteiger partial charge in [0.25, 0.3) is 0 Å². The van der Waals surface area contributed by atoms with E-state index in [0.29, 0.717) is 18.4 Å². The SMILES string of the molecule is O=C(CC1CCOCC1)NC1CCC(CCN2CCN(c3nccc4c3CCO4)CC2)CC1. The van der Waals surface area contributed by atoms with Crippen molar-refractivity contribution in [2.75, 3.05) is 57.4 Å². The first-order valence-corrected chi connectivity index (χ1v) is 13.2. The van der Waals surface area contributed by atoms with Crippen LogP contribution in [0.15, 0.2) is 12.3 Å². The number of piperazine rings is 1. The van der Waals surface area contributed by atoms with Crippen LogP contribution < -0.4 is 15.0 Å². The number of nitrogens with one attached hydrogen (secondary N) is 1. The molecule has 1 aromatic heterocycles. The van der Waals surface area contributed by atoms with Crippen LogP contribution >= 0.6 is 0 Å². The second-order valence-electron chi connectivity index (χ2n) is 10.4. The topological polar surface area (TPSA) is 66.9 Å². The lowest BCUT2D eigenvalue weighted by molar-refractivity contribution is -0.123. The van der Waals surface area contributed by atoms with E-state index >= 15 is 0 Å². The van der Waals surface area contributed by atoms with Crippen molar-refractivity contribution in [1.29, 1.82) is 0 Å². The summed E-state index contributed by atoms with van der Waals surface area (Å²) in [5, 5.41) is 3.32. The minimum absolute atomic E-state index is 0.258. The third-order valence-corrected chi connectivity index (χ3v) is 8.15. The predicted octanol–water partition coefficient (Wildman–Crippen LogP) is 3.02. The van der Waals surface area contributed by atoms with Crippen LogP contribution in [0.2, 0.25) is 0 Å². The van der Waals surface area contributed by atoms with Crippen LogP contribution in [0, 0.1) is 11.8 Å². The van der Waals surface area contributed by atoms with Gasteiger partial charge in [-0.15, -0.1) is 0 Å². The fraction of sp³-hybridized carbons (Fsp3) is 0.769. The van der Waals surface area contributed by atoms with Gasteiger partial charge in [0.2, 0.25) is 5.91 Å². The normalized spacial score (nSPS) is 26.6. The maximum Gasteiger partial charge on any atom is 0.220 e. The number of nitrogens with zero attached hydrogens (tertiary/aromatic N) is 3. The first kappa shape index (κ1) is 22.9. The van der Waals surface area contributed by atoms with Gasteiger partial charge in [0.15, 0.2) is 0 Å². The number of aromatic nitrogens is 1. The number of carbonyl (C=O) groups excluding carboxylic acids is 1. The van der Waals surface area contributed by atoms with Crippen molar-refractivity contribution in [2.24, 2.45) is 11.8 Å². The molecule has 4 aliphatic rings. The molecule has 182 valence electrons. The van der Waals surface area contributed by atoms with Gasteiger partial charge in [-0.05, 0) is 69.4 Å². The van der Waals surface area contributed by atoms with Gasteiger partial charge in [-0.2, -0.15) is 0 Å². The van der Waals surface area contributed by atoms with Crippen LogP contribution in [0.4, 0.5) is 5.82 Å². The number of hydrogen-bond acceptors (Lipinski definition) is 6. The van der Waals surface area contributed by atoms with Crippen LogP contribution in [-0.4, -0.2) is 74.4 Å². The first-order chi connectivity index (χ1) is 16.2. The zero-order chi connectivity index (χ0) is 22.5. The Hall–Kier alpha value is -1.86. The van der Waals surface area contributed by atoms with Gasteiger partial charge in [-0.1, -0.05) is 0 Å². The molecule has 5 rings (SSSR count). The average Bonchev–Trinajstić information content (AvgIpc) is 3.34. The molecule has 1 aliphatic carbocycles. The highest BCUT2D eigenvalue weighted by molar-refractivity contribution is 5.76. The van der Waals surface area contributed by atoms with E-state index in [0.717, 1.165) is 95.6 Å². The van der Waals surface area contributed by atoms with Gasteiger partial charge in [0.05, 0.1) is 6.61 Å². The van der Waals surface area contributed by atoms with E-state index in [1.165, 1.54) is 31.4 Å². The first-order valence-electron chi connectivity index (χ1n) is 13.2. The summed E-state index contributed by atoms with van der Waals surface area (Å²) in [6.45, 7) is 7.95. The molecule has 33 heavy (non-hydrogen) atoms. The van der Waals surface area contributed by atoms with E-state index in [-0.39, 0.29) is 5.91 Å². The lowest BCUT2D eigenvalue weighted by atomic mass is 9.83. The molecule has 1 saturated carbocycles. The Morgan fingerprint density at radius 2 is 1.79 bits per heavy atom. The van der Waals surface area contributed by atoms with Gasteiger partial charge < -0.3 is 19.7 Å². The molecule has 0 aromatic carbocycles. The second-order valence-corrected chi connectivity index (χ2v) is 10.4. The summed E-state index contributed by atoms with van der Waals surface area (Å²) in [5.41, 5.74) is 1.29. The molecular formula is C26H40N4O3. The van der Waals surface area contributed by atoms with Crippen molar-refractivity contribution in [3.8, 4) is 5.75 Å². The van der Waals surface area contributed by atoms with Crippen molar-refractivity contribution in [2.45, 2.75) is 63.8 Å². The fourth-order valence-electron chi connectivity index (χ4n) is 6.01. The van der Waals surface area contributed by atoms with Gasteiger partial charge in [-0.25, -0.2) is 4.98 Å². The zero-order valence-electron chi connectivity index (χ0n) is 20.0. The molecule has 4 heterocycles. The Balaban J connectivity index is 0.980. The molecule has 0 radical (unpaired) electrons. The van der Waals surface area contributed by atoms with Crippen molar-refractivity contribution >= 4 is 11.7 Å². The lowest BCUT2D eigenvalue weighted by Gasteiger charge is -2.37. The van der Waals surface area contributed by atoms with Crippen LogP contribution in [0.1, 0.15) is 56.9 Å². The van der Waals surface area contributed by atoms with Crippen LogP contribution in [0.5, 0.6) is 5.75 Å². The largest absolute Gasteiger partial charge is 0.493 e. The lowest BCUT2D eigenvalue weighted by Crippen LogP contribution is -2.47. The van der Waals surface area contributed by atoms with Crippen molar-refractivity contribution < 1.29 is 14.3 Å². The summed E-state index contributed by atoms with van der Waals surface area (Å²) in [6.07, 6.45) is 11.7. The molecule has 1 N–H and O–H groups in total. The highest BCUT2D eigenvalue weighted by Gasteiger charge is 2.27. The maximum absolute atomic E-state index is 12.4. The molecule has 3 aliphatic heterocycles. The Labute approximate surface area is 198 Å². The van der Waals surface area contributed by atoms with E-state index in [2.05, 4.69) is 20.1 Å². The van der Waals surface area contributed by atoms with Crippen molar-refractivity contribution in [3.63, 3.8) is 0 Å². The average molecular weight is 457 g/mol. The Bertz CT molecular complexity index is 782. The quantitative estimate of drug-likeness (QED) is 0.680. The molecule has 1 amide bonds. The summed E-state index contributed by atoms with van der Waals surface area (Å²) in [5.74, 6) is 3.75. The number of anilines is 1. The molecule has 2 saturated heterocycles. The smallest absolute Gasteiger partial charge is 0.220 e. The molecular weight excluding hydrogens is 416 g/mol. The van der Waals surface area contributed by atoms with Gasteiger partial charge in [-0.3, -0.25) is 9.69 Å². The van der Waals surface area contributed by atoms with Gasteiger partial charge in [0.1, 0.15) is 11.6 Å². The number of carbonyl (C=O) groups is 1. The van der Waals surface area contributed by atoms with E-state index in [4.69, 9.17) is 9.47 Å². The number of amides is 1. The number of fused-ring (bicyclic) bond motifs is 1. The molecule has 7 heteroatoms. The van der Waals surface area contributed by atoms with Crippen LogP contribution in [0.25, 0.3) is 0 Å².